The second-order valence-corrected chi connectivity index (χ2v) is 5.53. The standard InChI is InChI=1S/C15H26O/c1-5-13(6-2)10-15(16)14-8-11(3)7-12(4)9-14/h10-12,14H,5-9H2,1-4H3. The first-order chi connectivity index (χ1) is 7.56. The maximum Gasteiger partial charge on any atom is 0.158 e. The number of hydrogen-bond donors (Lipinski definition) is 0. The Morgan fingerprint density at radius 2 is 1.56 bits per heavy atom. The molecule has 0 aliphatic heterocycles. The molecule has 2 unspecified atom stereocenters. The van der Waals surface area contributed by atoms with Crippen LogP contribution < -0.4 is 0 Å². The van der Waals surface area contributed by atoms with Crippen LogP contribution in [0, 0.1) is 17.8 Å². The third-order valence-corrected chi connectivity index (χ3v) is 3.84. The van der Waals surface area contributed by atoms with Crippen molar-refractivity contribution in [2.24, 2.45) is 17.8 Å². The van der Waals surface area contributed by atoms with E-state index >= 15 is 0 Å². The monoisotopic (exact) mass is 222 g/mol. The molecule has 1 aliphatic rings. The molecule has 0 bridgehead atoms. The third-order valence-electron chi connectivity index (χ3n) is 3.84. The summed E-state index contributed by atoms with van der Waals surface area (Å²) < 4.78 is 0. The second-order valence-electron chi connectivity index (χ2n) is 5.53. The van der Waals surface area contributed by atoms with E-state index in [1.165, 1.54) is 12.0 Å². The molecule has 1 heteroatoms. The summed E-state index contributed by atoms with van der Waals surface area (Å²) in [6, 6.07) is 0. The molecule has 0 spiro atoms. The van der Waals surface area contributed by atoms with E-state index in [2.05, 4.69) is 27.7 Å². The predicted octanol–water partition coefficient (Wildman–Crippen LogP) is 4.37. The topological polar surface area (TPSA) is 17.1 Å². The van der Waals surface area contributed by atoms with Crippen LogP contribution in [0.15, 0.2) is 11.6 Å². The van der Waals surface area contributed by atoms with Crippen molar-refractivity contribution in [2.75, 3.05) is 0 Å². The molecule has 16 heavy (non-hydrogen) atoms. The summed E-state index contributed by atoms with van der Waals surface area (Å²) in [5, 5.41) is 0. The lowest BCUT2D eigenvalue weighted by Crippen LogP contribution is -2.25. The van der Waals surface area contributed by atoms with Gasteiger partial charge in [0.2, 0.25) is 0 Å². The van der Waals surface area contributed by atoms with Crippen molar-refractivity contribution in [2.45, 2.75) is 59.8 Å². The molecule has 2 atom stereocenters. The minimum absolute atomic E-state index is 0.298. The van der Waals surface area contributed by atoms with E-state index in [1.807, 2.05) is 6.08 Å². The largest absolute Gasteiger partial charge is 0.295 e. The summed E-state index contributed by atoms with van der Waals surface area (Å²) in [7, 11) is 0. The highest BCUT2D eigenvalue weighted by Crippen LogP contribution is 2.33. The number of carbonyl (C=O) groups is 1. The van der Waals surface area contributed by atoms with Crippen LogP contribution in [-0.2, 0) is 4.79 Å². The number of carbonyl (C=O) groups excluding carboxylic acids is 1. The Morgan fingerprint density at radius 3 is 2.00 bits per heavy atom. The van der Waals surface area contributed by atoms with Gasteiger partial charge in [-0.25, -0.2) is 0 Å². The Balaban J connectivity index is 2.63. The van der Waals surface area contributed by atoms with Crippen LogP contribution in [0.25, 0.3) is 0 Å². The fourth-order valence-electron chi connectivity index (χ4n) is 2.95. The van der Waals surface area contributed by atoms with E-state index in [4.69, 9.17) is 0 Å². The van der Waals surface area contributed by atoms with E-state index in [0.29, 0.717) is 11.7 Å². The molecule has 1 fully saturated rings. The van der Waals surface area contributed by atoms with E-state index in [0.717, 1.165) is 37.5 Å². The lowest BCUT2D eigenvalue weighted by Gasteiger charge is -2.30. The van der Waals surface area contributed by atoms with Crippen molar-refractivity contribution in [3.63, 3.8) is 0 Å². The smallest absolute Gasteiger partial charge is 0.158 e. The summed E-state index contributed by atoms with van der Waals surface area (Å²) in [6.07, 6.45) is 7.44. The minimum Gasteiger partial charge on any atom is -0.295 e. The third kappa shape index (κ3) is 3.77. The average molecular weight is 222 g/mol. The lowest BCUT2D eigenvalue weighted by atomic mass is 9.75. The van der Waals surface area contributed by atoms with Gasteiger partial charge in [-0.1, -0.05) is 33.3 Å². The zero-order valence-electron chi connectivity index (χ0n) is 11.3. The maximum atomic E-state index is 12.1. The number of allylic oxidation sites excluding steroid dienone is 2. The first-order valence-electron chi connectivity index (χ1n) is 6.80. The summed E-state index contributed by atoms with van der Waals surface area (Å²) in [5.74, 6) is 2.12. The highest BCUT2D eigenvalue weighted by molar-refractivity contribution is 5.92. The number of hydrogen-bond acceptors (Lipinski definition) is 1. The van der Waals surface area contributed by atoms with Gasteiger partial charge in [-0.05, 0) is 50.0 Å². The van der Waals surface area contributed by atoms with Gasteiger partial charge in [0, 0.05) is 5.92 Å². The van der Waals surface area contributed by atoms with Crippen molar-refractivity contribution in [1.82, 2.24) is 0 Å². The molecule has 0 heterocycles. The van der Waals surface area contributed by atoms with Gasteiger partial charge in [-0.15, -0.1) is 0 Å². The van der Waals surface area contributed by atoms with Gasteiger partial charge in [-0.3, -0.25) is 4.79 Å². The second kappa shape index (κ2) is 6.22. The number of ketones is 1. The molecular formula is C15H26O. The minimum atomic E-state index is 0.298. The first-order valence-corrected chi connectivity index (χ1v) is 6.80. The van der Waals surface area contributed by atoms with Crippen molar-refractivity contribution in [3.05, 3.63) is 11.6 Å². The van der Waals surface area contributed by atoms with Crippen LogP contribution in [0.1, 0.15) is 59.8 Å². The van der Waals surface area contributed by atoms with Gasteiger partial charge in [-0.2, -0.15) is 0 Å². The molecular weight excluding hydrogens is 196 g/mol. The zero-order chi connectivity index (χ0) is 12.1. The summed E-state index contributed by atoms with van der Waals surface area (Å²) in [6.45, 7) is 8.82. The van der Waals surface area contributed by atoms with Crippen LogP contribution in [0.2, 0.25) is 0 Å². The average Bonchev–Trinajstić information content (AvgIpc) is 2.24. The normalized spacial score (nSPS) is 29.9. The SMILES string of the molecule is CCC(=CC(=O)C1CC(C)CC(C)C1)CC. The van der Waals surface area contributed by atoms with Crippen molar-refractivity contribution >= 4 is 5.78 Å². The first kappa shape index (κ1) is 13.5. The Hall–Kier alpha value is -0.590. The Kier molecular flexibility index (Phi) is 5.24. The molecule has 0 aromatic carbocycles. The number of rotatable bonds is 4. The summed E-state index contributed by atoms with van der Waals surface area (Å²) in [5.41, 5.74) is 1.30. The zero-order valence-corrected chi connectivity index (χ0v) is 11.3. The quantitative estimate of drug-likeness (QED) is 0.645. The molecule has 1 nitrogen and oxygen atoms in total. The molecule has 0 radical (unpaired) electrons. The molecule has 0 aromatic rings. The fraction of sp³-hybridized carbons (Fsp3) is 0.800. The van der Waals surface area contributed by atoms with Crippen LogP contribution in [0.3, 0.4) is 0 Å². The molecule has 1 aliphatic carbocycles. The van der Waals surface area contributed by atoms with Gasteiger partial charge < -0.3 is 0 Å². The lowest BCUT2D eigenvalue weighted by molar-refractivity contribution is -0.120. The van der Waals surface area contributed by atoms with Gasteiger partial charge >= 0.3 is 0 Å². The summed E-state index contributed by atoms with van der Waals surface area (Å²) >= 11 is 0. The molecule has 0 N–H and O–H groups in total. The maximum absolute atomic E-state index is 12.1. The Morgan fingerprint density at radius 1 is 1.06 bits per heavy atom. The molecule has 0 amide bonds. The highest BCUT2D eigenvalue weighted by atomic mass is 16.1. The molecule has 0 saturated heterocycles. The highest BCUT2D eigenvalue weighted by Gasteiger charge is 2.27. The van der Waals surface area contributed by atoms with E-state index in [1.54, 1.807) is 0 Å². The van der Waals surface area contributed by atoms with Gasteiger partial charge in [0.25, 0.3) is 0 Å². The van der Waals surface area contributed by atoms with Gasteiger partial charge in [0.15, 0.2) is 5.78 Å². The van der Waals surface area contributed by atoms with Crippen LogP contribution >= 0.6 is 0 Å². The van der Waals surface area contributed by atoms with E-state index < -0.39 is 0 Å². The van der Waals surface area contributed by atoms with E-state index in [9.17, 15) is 4.79 Å². The molecule has 92 valence electrons. The molecule has 1 saturated carbocycles. The van der Waals surface area contributed by atoms with Gasteiger partial charge in [0.05, 0.1) is 0 Å². The molecule has 0 aromatic heterocycles. The Bertz CT molecular complexity index is 249. The Labute approximate surface area is 100 Å². The van der Waals surface area contributed by atoms with Crippen molar-refractivity contribution in [1.29, 1.82) is 0 Å². The van der Waals surface area contributed by atoms with Crippen LogP contribution in [-0.4, -0.2) is 5.78 Å². The van der Waals surface area contributed by atoms with Crippen LogP contribution in [0.4, 0.5) is 0 Å². The predicted molar refractivity (Wildman–Crippen MR) is 69.3 cm³/mol. The fourth-order valence-corrected chi connectivity index (χ4v) is 2.95. The van der Waals surface area contributed by atoms with E-state index in [-0.39, 0.29) is 0 Å². The van der Waals surface area contributed by atoms with Crippen LogP contribution in [0.5, 0.6) is 0 Å². The molecule has 1 rings (SSSR count). The summed E-state index contributed by atoms with van der Waals surface area (Å²) in [4.78, 5) is 12.1. The van der Waals surface area contributed by atoms with Crippen molar-refractivity contribution < 1.29 is 4.79 Å². The van der Waals surface area contributed by atoms with Crippen molar-refractivity contribution in [3.8, 4) is 0 Å². The van der Waals surface area contributed by atoms with Gasteiger partial charge in [0.1, 0.15) is 0 Å².